The van der Waals surface area contributed by atoms with Crippen LogP contribution in [0.1, 0.15) is 41.4 Å². The molecule has 29 heavy (non-hydrogen) atoms. The number of carbonyl (C=O) groups excluding carboxylic acids is 2. The predicted octanol–water partition coefficient (Wildman–Crippen LogP) is 3.42. The Morgan fingerprint density at radius 1 is 1.14 bits per heavy atom. The van der Waals surface area contributed by atoms with Crippen LogP contribution in [0.2, 0.25) is 0 Å². The highest BCUT2D eigenvalue weighted by Crippen LogP contribution is 2.23. The van der Waals surface area contributed by atoms with E-state index in [9.17, 15) is 9.59 Å². The average molecular weight is 392 g/mol. The molecule has 1 aromatic heterocycles. The van der Waals surface area contributed by atoms with E-state index < -0.39 is 5.91 Å². The number of carbonyl (C=O) groups is 2. The molecule has 0 saturated heterocycles. The first kappa shape index (κ1) is 20.1. The molecule has 0 bridgehead atoms. The van der Waals surface area contributed by atoms with Gasteiger partial charge >= 0.3 is 0 Å². The fourth-order valence-electron chi connectivity index (χ4n) is 2.72. The lowest BCUT2D eigenvalue weighted by molar-refractivity contribution is -0.119. The van der Waals surface area contributed by atoms with E-state index >= 15 is 0 Å². The topological polar surface area (TPSA) is 99.2 Å². The summed E-state index contributed by atoms with van der Waals surface area (Å²) in [6.07, 6.45) is 0. The zero-order chi connectivity index (χ0) is 21.0. The molecule has 0 aliphatic rings. The minimum atomic E-state index is -0.580. The molecule has 0 radical (unpaired) electrons. The minimum Gasteiger partial charge on any atom is -0.484 e. The molecular formula is C22H24N4O3. The van der Waals surface area contributed by atoms with Crippen LogP contribution in [0.5, 0.6) is 5.75 Å². The van der Waals surface area contributed by atoms with Crippen LogP contribution in [0.3, 0.4) is 0 Å². The van der Waals surface area contributed by atoms with Crippen LogP contribution in [0.4, 0.5) is 5.82 Å². The third-order valence-corrected chi connectivity index (χ3v) is 4.32. The van der Waals surface area contributed by atoms with Crippen LogP contribution in [-0.2, 0) is 4.79 Å². The number of aromatic nitrogens is 2. The van der Waals surface area contributed by atoms with Crippen LogP contribution in [-0.4, -0.2) is 28.2 Å². The molecule has 3 aromatic rings. The highest BCUT2D eigenvalue weighted by atomic mass is 16.5. The lowest BCUT2D eigenvalue weighted by Crippen LogP contribution is -2.20. The fourth-order valence-corrected chi connectivity index (χ4v) is 2.72. The second-order valence-corrected chi connectivity index (χ2v) is 7.09. The summed E-state index contributed by atoms with van der Waals surface area (Å²) in [6.45, 7) is 5.87. The minimum absolute atomic E-state index is 0.211. The predicted molar refractivity (Wildman–Crippen MR) is 111 cm³/mol. The lowest BCUT2D eigenvalue weighted by atomic mass is 10.1. The zero-order valence-electron chi connectivity index (χ0n) is 16.7. The molecule has 0 aliphatic carbocycles. The molecule has 2 aromatic carbocycles. The van der Waals surface area contributed by atoms with Crippen LogP contribution >= 0.6 is 0 Å². The molecule has 150 valence electrons. The van der Waals surface area contributed by atoms with E-state index in [4.69, 9.17) is 10.5 Å². The van der Waals surface area contributed by atoms with Crippen molar-refractivity contribution >= 4 is 17.6 Å². The van der Waals surface area contributed by atoms with Crippen LogP contribution in [0, 0.1) is 6.92 Å². The van der Waals surface area contributed by atoms with E-state index in [-0.39, 0.29) is 18.4 Å². The summed E-state index contributed by atoms with van der Waals surface area (Å²) < 4.78 is 7.00. The summed E-state index contributed by atoms with van der Waals surface area (Å²) in [6, 6.07) is 16.4. The number of rotatable bonds is 7. The molecule has 0 fully saturated rings. The molecule has 0 aliphatic heterocycles. The molecule has 1 heterocycles. The van der Waals surface area contributed by atoms with Gasteiger partial charge in [0.05, 0.1) is 11.4 Å². The van der Waals surface area contributed by atoms with E-state index in [0.29, 0.717) is 17.1 Å². The van der Waals surface area contributed by atoms with Crippen molar-refractivity contribution < 1.29 is 14.3 Å². The van der Waals surface area contributed by atoms with Crippen LogP contribution in [0.15, 0.2) is 54.6 Å². The first-order valence-corrected chi connectivity index (χ1v) is 9.33. The normalized spacial score (nSPS) is 10.8. The first-order chi connectivity index (χ1) is 13.8. The number of amides is 2. The molecule has 2 amide bonds. The Labute approximate surface area is 169 Å². The van der Waals surface area contributed by atoms with Crippen molar-refractivity contribution in [3.63, 3.8) is 0 Å². The summed E-state index contributed by atoms with van der Waals surface area (Å²) in [7, 11) is 0. The maximum Gasteiger partial charge on any atom is 0.256 e. The fraction of sp³-hybridized carbons (Fsp3) is 0.227. The summed E-state index contributed by atoms with van der Waals surface area (Å²) in [5.41, 5.74) is 8.37. The van der Waals surface area contributed by atoms with Gasteiger partial charge < -0.3 is 15.8 Å². The van der Waals surface area contributed by atoms with E-state index in [1.165, 1.54) is 0 Å². The van der Waals surface area contributed by atoms with Crippen molar-refractivity contribution in [1.29, 1.82) is 0 Å². The number of primary amides is 1. The molecule has 0 atom stereocenters. The molecule has 0 unspecified atom stereocenters. The second-order valence-electron chi connectivity index (χ2n) is 7.09. The quantitative estimate of drug-likeness (QED) is 0.643. The Bertz CT molecular complexity index is 1020. The number of hydrogen-bond acceptors (Lipinski definition) is 4. The van der Waals surface area contributed by atoms with Gasteiger partial charge in [-0.2, -0.15) is 5.10 Å². The van der Waals surface area contributed by atoms with Gasteiger partial charge in [0.1, 0.15) is 11.6 Å². The highest BCUT2D eigenvalue weighted by molar-refractivity contribution is 6.04. The Morgan fingerprint density at radius 2 is 1.86 bits per heavy atom. The molecule has 0 saturated carbocycles. The number of ether oxygens (including phenoxy) is 1. The smallest absolute Gasteiger partial charge is 0.256 e. The van der Waals surface area contributed by atoms with Gasteiger partial charge in [-0.15, -0.1) is 0 Å². The maximum atomic E-state index is 12.8. The van der Waals surface area contributed by atoms with Gasteiger partial charge in [0.25, 0.3) is 11.8 Å². The molecule has 3 N–H and O–H groups in total. The van der Waals surface area contributed by atoms with Gasteiger partial charge in [-0.1, -0.05) is 37.6 Å². The number of nitrogens with two attached hydrogens (primary N) is 1. The van der Waals surface area contributed by atoms with Crippen molar-refractivity contribution in [3.8, 4) is 11.4 Å². The molecule has 3 rings (SSSR count). The maximum absolute atomic E-state index is 12.8. The SMILES string of the molecule is Cc1ccc(-n2nc(C(C)C)cc2NC(=O)c2cccc(OCC(N)=O)c2)cc1. The highest BCUT2D eigenvalue weighted by Gasteiger charge is 2.16. The Hall–Kier alpha value is -3.61. The molecule has 7 heteroatoms. The van der Waals surface area contributed by atoms with Gasteiger partial charge in [-0.05, 0) is 43.2 Å². The largest absolute Gasteiger partial charge is 0.484 e. The first-order valence-electron chi connectivity index (χ1n) is 9.33. The average Bonchev–Trinajstić information content (AvgIpc) is 3.11. The van der Waals surface area contributed by atoms with Gasteiger partial charge in [0, 0.05) is 11.6 Å². The number of nitrogens with one attached hydrogen (secondary N) is 1. The van der Waals surface area contributed by atoms with E-state index in [2.05, 4.69) is 10.4 Å². The summed E-state index contributed by atoms with van der Waals surface area (Å²) in [5.74, 6) is 0.293. The monoisotopic (exact) mass is 392 g/mol. The molecule has 7 nitrogen and oxygen atoms in total. The van der Waals surface area contributed by atoms with Crippen LogP contribution in [0.25, 0.3) is 5.69 Å². The van der Waals surface area contributed by atoms with Gasteiger partial charge in [0.15, 0.2) is 6.61 Å². The van der Waals surface area contributed by atoms with Gasteiger partial charge in [0.2, 0.25) is 0 Å². The Balaban J connectivity index is 1.87. The van der Waals surface area contributed by atoms with Crippen molar-refractivity contribution in [1.82, 2.24) is 9.78 Å². The third-order valence-electron chi connectivity index (χ3n) is 4.32. The standard InChI is InChI=1S/C22H24N4O3/c1-14(2)19-12-21(26(25-19)17-9-7-15(3)8-10-17)24-22(28)16-5-4-6-18(11-16)29-13-20(23)27/h4-12,14H,13H2,1-3H3,(H2,23,27)(H,24,28). The van der Waals surface area contributed by atoms with Crippen molar-refractivity contribution in [2.75, 3.05) is 11.9 Å². The summed E-state index contributed by atoms with van der Waals surface area (Å²) in [4.78, 5) is 23.7. The zero-order valence-corrected chi connectivity index (χ0v) is 16.7. The van der Waals surface area contributed by atoms with E-state index in [1.54, 1.807) is 28.9 Å². The van der Waals surface area contributed by atoms with Crippen molar-refractivity contribution in [2.24, 2.45) is 5.73 Å². The van der Waals surface area contributed by atoms with Crippen molar-refractivity contribution in [2.45, 2.75) is 26.7 Å². The summed E-state index contributed by atoms with van der Waals surface area (Å²) in [5, 5.41) is 7.57. The van der Waals surface area contributed by atoms with E-state index in [1.807, 2.05) is 51.1 Å². The van der Waals surface area contributed by atoms with Gasteiger partial charge in [-0.3, -0.25) is 9.59 Å². The van der Waals surface area contributed by atoms with E-state index in [0.717, 1.165) is 16.9 Å². The van der Waals surface area contributed by atoms with Crippen LogP contribution < -0.4 is 15.8 Å². The summed E-state index contributed by atoms with van der Waals surface area (Å²) >= 11 is 0. The number of benzene rings is 2. The lowest BCUT2D eigenvalue weighted by Gasteiger charge is -2.10. The second kappa shape index (κ2) is 8.60. The van der Waals surface area contributed by atoms with Crippen molar-refractivity contribution in [3.05, 3.63) is 71.4 Å². The number of nitrogens with zero attached hydrogens (tertiary/aromatic N) is 2. The number of hydrogen-bond donors (Lipinski definition) is 2. The third kappa shape index (κ3) is 5.01. The Kier molecular flexibility index (Phi) is 5.97. The number of aryl methyl sites for hydroxylation is 1. The molecule has 0 spiro atoms. The number of anilines is 1. The Morgan fingerprint density at radius 3 is 2.52 bits per heavy atom. The molecular weight excluding hydrogens is 368 g/mol. The van der Waals surface area contributed by atoms with Gasteiger partial charge in [-0.25, -0.2) is 4.68 Å².